The zero-order valence-electron chi connectivity index (χ0n) is 10.9. The zero-order chi connectivity index (χ0) is 12.5. The maximum Gasteiger partial charge on any atom is 0.224 e. The molecule has 0 aliphatic carbocycles. The van der Waals surface area contributed by atoms with Crippen molar-refractivity contribution in [2.45, 2.75) is 52.0 Å². The van der Waals surface area contributed by atoms with Crippen LogP contribution in [-0.4, -0.2) is 11.9 Å². The molecule has 0 saturated carbocycles. The standard InChI is InChI=1S/C15H23NO/c1-3-4-6-9-13(2)16-15(17)12-14-10-7-5-8-11-14/h5,7-8,10-11,13H,3-4,6,9,12H2,1-2H3,(H,16,17)/t13-/m1/s1. The van der Waals surface area contributed by atoms with Crippen molar-refractivity contribution in [1.29, 1.82) is 0 Å². The minimum Gasteiger partial charge on any atom is -0.353 e. The zero-order valence-corrected chi connectivity index (χ0v) is 10.9. The van der Waals surface area contributed by atoms with E-state index >= 15 is 0 Å². The minimum absolute atomic E-state index is 0.125. The number of unbranched alkanes of at least 4 members (excludes halogenated alkanes) is 2. The SMILES string of the molecule is CCCCC[C@@H](C)NC(=O)Cc1ccccc1. The lowest BCUT2D eigenvalue weighted by atomic mass is 10.1. The highest BCUT2D eigenvalue weighted by Gasteiger charge is 2.07. The van der Waals surface area contributed by atoms with Crippen molar-refractivity contribution in [1.82, 2.24) is 5.32 Å². The smallest absolute Gasteiger partial charge is 0.224 e. The molecule has 1 rings (SSSR count). The molecule has 0 aromatic heterocycles. The predicted molar refractivity (Wildman–Crippen MR) is 71.9 cm³/mol. The van der Waals surface area contributed by atoms with Gasteiger partial charge in [-0.05, 0) is 18.9 Å². The number of nitrogens with one attached hydrogen (secondary N) is 1. The van der Waals surface area contributed by atoms with Crippen LogP contribution in [0.4, 0.5) is 0 Å². The highest BCUT2D eigenvalue weighted by Crippen LogP contribution is 2.04. The lowest BCUT2D eigenvalue weighted by Gasteiger charge is -2.13. The summed E-state index contributed by atoms with van der Waals surface area (Å²) in [7, 11) is 0. The Morgan fingerprint density at radius 1 is 1.24 bits per heavy atom. The Kier molecular flexibility index (Phi) is 6.38. The van der Waals surface area contributed by atoms with Gasteiger partial charge in [-0.2, -0.15) is 0 Å². The average molecular weight is 233 g/mol. The monoisotopic (exact) mass is 233 g/mol. The Hall–Kier alpha value is -1.31. The van der Waals surface area contributed by atoms with E-state index in [0.717, 1.165) is 12.0 Å². The summed E-state index contributed by atoms with van der Waals surface area (Å²) >= 11 is 0. The van der Waals surface area contributed by atoms with Gasteiger partial charge in [0.05, 0.1) is 6.42 Å². The first-order valence-electron chi connectivity index (χ1n) is 6.55. The maximum atomic E-state index is 11.7. The Morgan fingerprint density at radius 2 is 1.94 bits per heavy atom. The fourth-order valence-electron chi connectivity index (χ4n) is 1.88. The first-order valence-corrected chi connectivity index (χ1v) is 6.55. The molecule has 0 unspecified atom stereocenters. The molecule has 0 fully saturated rings. The van der Waals surface area contributed by atoms with Gasteiger partial charge < -0.3 is 5.32 Å². The number of rotatable bonds is 7. The molecule has 1 amide bonds. The Labute approximate surface area is 104 Å². The summed E-state index contributed by atoms with van der Waals surface area (Å²) in [5, 5.41) is 3.05. The van der Waals surface area contributed by atoms with Gasteiger partial charge in [-0.15, -0.1) is 0 Å². The second-order valence-corrected chi connectivity index (χ2v) is 4.63. The number of hydrogen-bond donors (Lipinski definition) is 1. The molecule has 0 saturated heterocycles. The van der Waals surface area contributed by atoms with E-state index in [0.29, 0.717) is 6.42 Å². The summed E-state index contributed by atoms with van der Waals surface area (Å²) in [5.74, 6) is 0.125. The van der Waals surface area contributed by atoms with E-state index in [1.54, 1.807) is 0 Å². The normalized spacial score (nSPS) is 12.1. The molecule has 1 aromatic carbocycles. The van der Waals surface area contributed by atoms with Crippen molar-refractivity contribution >= 4 is 5.91 Å². The quantitative estimate of drug-likeness (QED) is 0.719. The van der Waals surface area contributed by atoms with E-state index in [-0.39, 0.29) is 11.9 Å². The van der Waals surface area contributed by atoms with Gasteiger partial charge in [-0.3, -0.25) is 4.79 Å². The summed E-state index contributed by atoms with van der Waals surface area (Å²) in [4.78, 5) is 11.7. The minimum atomic E-state index is 0.125. The first-order chi connectivity index (χ1) is 8.22. The third kappa shape index (κ3) is 6.10. The Bertz CT molecular complexity index is 321. The van der Waals surface area contributed by atoms with Crippen LogP contribution in [0.1, 0.15) is 45.1 Å². The molecule has 2 heteroatoms. The number of carbonyl (C=O) groups excluding carboxylic acids is 1. The lowest BCUT2D eigenvalue weighted by molar-refractivity contribution is -0.121. The summed E-state index contributed by atoms with van der Waals surface area (Å²) in [5.41, 5.74) is 1.07. The molecule has 1 aromatic rings. The molecule has 0 heterocycles. The number of carbonyl (C=O) groups is 1. The molecule has 0 aliphatic rings. The highest BCUT2D eigenvalue weighted by atomic mass is 16.1. The topological polar surface area (TPSA) is 29.1 Å². The highest BCUT2D eigenvalue weighted by molar-refractivity contribution is 5.78. The number of hydrogen-bond acceptors (Lipinski definition) is 1. The average Bonchev–Trinajstić information content (AvgIpc) is 2.30. The first kappa shape index (κ1) is 13.8. The van der Waals surface area contributed by atoms with Gasteiger partial charge >= 0.3 is 0 Å². The molecule has 1 N–H and O–H groups in total. The Balaban J connectivity index is 2.25. The van der Waals surface area contributed by atoms with Crippen LogP contribution < -0.4 is 5.32 Å². The van der Waals surface area contributed by atoms with E-state index in [1.165, 1.54) is 19.3 Å². The lowest BCUT2D eigenvalue weighted by Crippen LogP contribution is -2.33. The van der Waals surface area contributed by atoms with Gasteiger partial charge in [0.2, 0.25) is 5.91 Å². The second-order valence-electron chi connectivity index (χ2n) is 4.63. The van der Waals surface area contributed by atoms with Crippen molar-refractivity contribution in [3.05, 3.63) is 35.9 Å². The largest absolute Gasteiger partial charge is 0.353 e. The number of amides is 1. The molecule has 0 bridgehead atoms. The molecule has 0 radical (unpaired) electrons. The van der Waals surface area contributed by atoms with Crippen molar-refractivity contribution in [2.24, 2.45) is 0 Å². The van der Waals surface area contributed by atoms with Crippen molar-refractivity contribution in [2.75, 3.05) is 0 Å². The second kappa shape index (κ2) is 7.88. The van der Waals surface area contributed by atoms with Crippen LogP contribution in [0.25, 0.3) is 0 Å². The third-order valence-electron chi connectivity index (χ3n) is 2.86. The predicted octanol–water partition coefficient (Wildman–Crippen LogP) is 3.31. The molecule has 1 atom stereocenters. The molecular formula is C15H23NO. The van der Waals surface area contributed by atoms with Gasteiger partial charge in [0.15, 0.2) is 0 Å². The summed E-state index contributed by atoms with van der Waals surface area (Å²) in [6.45, 7) is 4.28. The van der Waals surface area contributed by atoms with Gasteiger partial charge in [0.1, 0.15) is 0 Å². The molecule has 2 nitrogen and oxygen atoms in total. The molecule has 94 valence electrons. The van der Waals surface area contributed by atoms with Crippen LogP contribution in [0.3, 0.4) is 0 Å². The van der Waals surface area contributed by atoms with E-state index in [1.807, 2.05) is 30.3 Å². The van der Waals surface area contributed by atoms with Crippen LogP contribution in [0.2, 0.25) is 0 Å². The van der Waals surface area contributed by atoms with E-state index in [2.05, 4.69) is 19.2 Å². The molecule has 17 heavy (non-hydrogen) atoms. The fraction of sp³-hybridized carbons (Fsp3) is 0.533. The molecule has 0 spiro atoms. The number of benzene rings is 1. The van der Waals surface area contributed by atoms with Gasteiger partial charge in [-0.25, -0.2) is 0 Å². The van der Waals surface area contributed by atoms with Crippen molar-refractivity contribution in [3.63, 3.8) is 0 Å². The van der Waals surface area contributed by atoms with Crippen LogP contribution in [0.15, 0.2) is 30.3 Å². The van der Waals surface area contributed by atoms with Crippen LogP contribution >= 0.6 is 0 Å². The third-order valence-corrected chi connectivity index (χ3v) is 2.86. The van der Waals surface area contributed by atoms with Crippen LogP contribution in [0.5, 0.6) is 0 Å². The summed E-state index contributed by atoms with van der Waals surface area (Å²) in [6, 6.07) is 10.2. The van der Waals surface area contributed by atoms with Gasteiger partial charge in [0.25, 0.3) is 0 Å². The molecular weight excluding hydrogens is 210 g/mol. The van der Waals surface area contributed by atoms with Gasteiger partial charge in [-0.1, -0.05) is 56.5 Å². The Morgan fingerprint density at radius 3 is 2.59 bits per heavy atom. The maximum absolute atomic E-state index is 11.7. The van der Waals surface area contributed by atoms with Crippen molar-refractivity contribution < 1.29 is 4.79 Å². The van der Waals surface area contributed by atoms with Gasteiger partial charge in [0, 0.05) is 6.04 Å². The molecule has 0 aliphatic heterocycles. The van der Waals surface area contributed by atoms with E-state index < -0.39 is 0 Å². The van der Waals surface area contributed by atoms with E-state index in [9.17, 15) is 4.79 Å². The van der Waals surface area contributed by atoms with E-state index in [4.69, 9.17) is 0 Å². The fourth-order valence-corrected chi connectivity index (χ4v) is 1.88. The van der Waals surface area contributed by atoms with Crippen LogP contribution in [-0.2, 0) is 11.2 Å². The summed E-state index contributed by atoms with van der Waals surface area (Å²) < 4.78 is 0. The van der Waals surface area contributed by atoms with Crippen molar-refractivity contribution in [3.8, 4) is 0 Å². The summed E-state index contributed by atoms with van der Waals surface area (Å²) in [6.07, 6.45) is 5.24. The van der Waals surface area contributed by atoms with Crippen LogP contribution in [0, 0.1) is 0 Å².